The summed E-state index contributed by atoms with van der Waals surface area (Å²) >= 11 is 0. The fourth-order valence-electron chi connectivity index (χ4n) is 3.49. The zero-order chi connectivity index (χ0) is 18.7. The van der Waals surface area contributed by atoms with Gasteiger partial charge in [0.25, 0.3) is 0 Å². The van der Waals surface area contributed by atoms with Crippen LogP contribution in [0.3, 0.4) is 0 Å². The number of hydrogen-bond donors (Lipinski definition) is 0. The summed E-state index contributed by atoms with van der Waals surface area (Å²) in [5.74, 6) is 1.25. The van der Waals surface area contributed by atoms with Gasteiger partial charge in [0, 0.05) is 26.7 Å². The van der Waals surface area contributed by atoms with Crippen LogP contribution in [-0.4, -0.2) is 56.2 Å². The maximum absolute atomic E-state index is 12.8. The predicted molar refractivity (Wildman–Crippen MR) is 97.4 cm³/mol. The second-order valence-corrected chi connectivity index (χ2v) is 8.98. The Kier molecular flexibility index (Phi) is 5.72. The van der Waals surface area contributed by atoms with E-state index in [0.29, 0.717) is 31.0 Å². The van der Waals surface area contributed by atoms with E-state index in [9.17, 15) is 13.2 Å². The molecule has 1 atom stereocenters. The molecule has 26 heavy (non-hydrogen) atoms. The van der Waals surface area contributed by atoms with Crippen LogP contribution >= 0.6 is 0 Å². The molecule has 144 valence electrons. The molecule has 0 aliphatic carbocycles. The summed E-state index contributed by atoms with van der Waals surface area (Å²) in [5, 5.41) is 0. The number of hydrogen-bond acceptors (Lipinski definition) is 5. The molecule has 3 rings (SSSR count). The van der Waals surface area contributed by atoms with Crippen LogP contribution in [0.15, 0.2) is 18.2 Å². The Bertz CT molecular complexity index is 765. The van der Waals surface area contributed by atoms with Crippen molar-refractivity contribution >= 4 is 15.9 Å². The number of nitrogens with zero attached hydrogens (tertiary/aromatic N) is 2. The number of ether oxygens (including phenoxy) is 2. The highest BCUT2D eigenvalue weighted by Gasteiger charge is 2.33. The monoisotopic (exact) mass is 382 g/mol. The SMILES string of the molecule is CCCS(=O)(=O)N1CCCC(C(=O)N(C)Cc2ccc3c(c2)OCO3)C1. The van der Waals surface area contributed by atoms with Crippen molar-refractivity contribution in [2.24, 2.45) is 5.92 Å². The summed E-state index contributed by atoms with van der Waals surface area (Å²) in [5.41, 5.74) is 0.955. The van der Waals surface area contributed by atoms with Gasteiger partial charge in [-0.25, -0.2) is 12.7 Å². The summed E-state index contributed by atoms with van der Waals surface area (Å²) in [6, 6.07) is 5.64. The fraction of sp³-hybridized carbons (Fsp3) is 0.611. The van der Waals surface area contributed by atoms with Crippen molar-refractivity contribution in [1.82, 2.24) is 9.21 Å². The predicted octanol–water partition coefficient (Wildman–Crippen LogP) is 1.83. The number of rotatable bonds is 6. The number of amides is 1. The Balaban J connectivity index is 1.62. The van der Waals surface area contributed by atoms with Crippen molar-refractivity contribution in [3.05, 3.63) is 23.8 Å². The molecule has 7 nitrogen and oxygen atoms in total. The molecule has 0 radical (unpaired) electrons. The molecule has 1 saturated heterocycles. The molecule has 0 bridgehead atoms. The Hall–Kier alpha value is -1.80. The van der Waals surface area contributed by atoms with Gasteiger partial charge >= 0.3 is 0 Å². The third kappa shape index (κ3) is 4.12. The van der Waals surface area contributed by atoms with Crippen molar-refractivity contribution < 1.29 is 22.7 Å². The number of carbonyl (C=O) groups excluding carboxylic acids is 1. The van der Waals surface area contributed by atoms with Crippen LogP contribution < -0.4 is 9.47 Å². The first-order valence-corrected chi connectivity index (χ1v) is 10.6. The fourth-order valence-corrected chi connectivity index (χ4v) is 5.07. The molecule has 1 amide bonds. The Morgan fingerprint density at radius 1 is 1.31 bits per heavy atom. The summed E-state index contributed by atoms with van der Waals surface area (Å²) in [6.07, 6.45) is 2.03. The van der Waals surface area contributed by atoms with Gasteiger partial charge in [0.1, 0.15) is 0 Å². The molecule has 1 aromatic rings. The molecule has 0 aromatic heterocycles. The summed E-state index contributed by atoms with van der Waals surface area (Å²) in [6.45, 7) is 3.32. The third-order valence-corrected chi connectivity index (χ3v) is 6.86. The summed E-state index contributed by atoms with van der Waals surface area (Å²) < 4.78 is 36.8. The van der Waals surface area contributed by atoms with Crippen molar-refractivity contribution in [1.29, 1.82) is 0 Å². The average molecular weight is 382 g/mol. The molecule has 2 aliphatic heterocycles. The van der Waals surface area contributed by atoms with Gasteiger partial charge in [-0.1, -0.05) is 13.0 Å². The Morgan fingerprint density at radius 2 is 2.08 bits per heavy atom. The maximum atomic E-state index is 12.8. The lowest BCUT2D eigenvalue weighted by Gasteiger charge is -2.33. The summed E-state index contributed by atoms with van der Waals surface area (Å²) in [7, 11) is -1.50. The average Bonchev–Trinajstić information content (AvgIpc) is 3.09. The van der Waals surface area contributed by atoms with E-state index in [0.717, 1.165) is 18.4 Å². The van der Waals surface area contributed by atoms with Crippen LogP contribution in [0.25, 0.3) is 0 Å². The highest BCUT2D eigenvalue weighted by molar-refractivity contribution is 7.89. The first-order valence-electron chi connectivity index (χ1n) is 9.02. The van der Waals surface area contributed by atoms with Gasteiger partial charge in [0.05, 0.1) is 11.7 Å². The second kappa shape index (κ2) is 7.84. The normalized spacial score (nSPS) is 20.2. The van der Waals surface area contributed by atoms with Gasteiger partial charge < -0.3 is 14.4 Å². The molecule has 0 spiro atoms. The van der Waals surface area contributed by atoms with E-state index in [1.165, 1.54) is 4.31 Å². The topological polar surface area (TPSA) is 76.2 Å². The van der Waals surface area contributed by atoms with Crippen molar-refractivity contribution in [3.8, 4) is 11.5 Å². The van der Waals surface area contributed by atoms with Gasteiger partial charge in [0.2, 0.25) is 22.7 Å². The zero-order valence-corrected chi connectivity index (χ0v) is 16.1. The minimum absolute atomic E-state index is 0.0148. The van der Waals surface area contributed by atoms with E-state index in [-0.39, 0.29) is 30.9 Å². The molecular weight excluding hydrogens is 356 g/mol. The lowest BCUT2D eigenvalue weighted by atomic mass is 9.98. The van der Waals surface area contributed by atoms with Crippen LogP contribution in [0, 0.1) is 5.92 Å². The van der Waals surface area contributed by atoms with E-state index in [1.54, 1.807) is 11.9 Å². The largest absolute Gasteiger partial charge is 0.454 e. The van der Waals surface area contributed by atoms with Crippen LogP contribution in [0.4, 0.5) is 0 Å². The molecule has 1 unspecified atom stereocenters. The number of piperidine rings is 1. The second-order valence-electron chi connectivity index (χ2n) is 6.90. The van der Waals surface area contributed by atoms with E-state index >= 15 is 0 Å². The molecule has 0 saturated carbocycles. The molecular formula is C18H26N2O5S. The highest BCUT2D eigenvalue weighted by atomic mass is 32.2. The number of sulfonamides is 1. The Labute approximate surface area is 154 Å². The van der Waals surface area contributed by atoms with E-state index < -0.39 is 10.0 Å². The number of fused-ring (bicyclic) bond motifs is 1. The molecule has 8 heteroatoms. The molecule has 2 heterocycles. The zero-order valence-electron chi connectivity index (χ0n) is 15.3. The molecule has 1 aromatic carbocycles. The molecule has 1 fully saturated rings. The lowest BCUT2D eigenvalue weighted by molar-refractivity contribution is -0.135. The number of benzene rings is 1. The third-order valence-electron chi connectivity index (χ3n) is 4.82. The Morgan fingerprint density at radius 3 is 2.85 bits per heavy atom. The van der Waals surface area contributed by atoms with Gasteiger partial charge in [-0.2, -0.15) is 0 Å². The van der Waals surface area contributed by atoms with Gasteiger partial charge in [0.15, 0.2) is 11.5 Å². The quantitative estimate of drug-likeness (QED) is 0.750. The van der Waals surface area contributed by atoms with Gasteiger partial charge in [-0.3, -0.25) is 4.79 Å². The first kappa shape index (κ1) is 19.0. The van der Waals surface area contributed by atoms with Crippen LogP contribution in [-0.2, 0) is 21.4 Å². The van der Waals surface area contributed by atoms with Crippen LogP contribution in [0.5, 0.6) is 11.5 Å². The van der Waals surface area contributed by atoms with Gasteiger partial charge in [-0.15, -0.1) is 0 Å². The minimum atomic E-state index is -3.26. The first-order chi connectivity index (χ1) is 12.4. The minimum Gasteiger partial charge on any atom is -0.454 e. The van der Waals surface area contributed by atoms with Gasteiger partial charge in [-0.05, 0) is 37.0 Å². The summed E-state index contributed by atoms with van der Waals surface area (Å²) in [4.78, 5) is 14.5. The molecule has 2 aliphatic rings. The lowest BCUT2D eigenvalue weighted by Crippen LogP contribution is -2.46. The van der Waals surface area contributed by atoms with Crippen molar-refractivity contribution in [2.75, 3.05) is 32.7 Å². The maximum Gasteiger partial charge on any atom is 0.231 e. The van der Waals surface area contributed by atoms with E-state index in [2.05, 4.69) is 0 Å². The van der Waals surface area contributed by atoms with Crippen molar-refractivity contribution in [3.63, 3.8) is 0 Å². The molecule has 0 N–H and O–H groups in total. The highest BCUT2D eigenvalue weighted by Crippen LogP contribution is 2.33. The van der Waals surface area contributed by atoms with Crippen molar-refractivity contribution in [2.45, 2.75) is 32.7 Å². The van der Waals surface area contributed by atoms with Crippen LogP contribution in [0.1, 0.15) is 31.7 Å². The number of carbonyl (C=O) groups is 1. The standard InChI is InChI=1S/C18H26N2O5S/c1-3-9-26(22,23)20-8-4-5-15(12-20)18(21)19(2)11-14-6-7-16-17(10-14)25-13-24-16/h6-7,10,15H,3-5,8-9,11-13H2,1-2H3. The van der Waals surface area contributed by atoms with E-state index in [4.69, 9.17) is 9.47 Å². The van der Waals surface area contributed by atoms with E-state index in [1.807, 2.05) is 25.1 Å². The smallest absolute Gasteiger partial charge is 0.231 e. The van der Waals surface area contributed by atoms with Crippen LogP contribution in [0.2, 0.25) is 0 Å².